The quantitative estimate of drug-likeness (QED) is 0.888. The van der Waals surface area contributed by atoms with Gasteiger partial charge in [0.1, 0.15) is 5.82 Å². The molecule has 28 heavy (non-hydrogen) atoms. The van der Waals surface area contributed by atoms with E-state index in [9.17, 15) is 9.59 Å². The predicted molar refractivity (Wildman–Crippen MR) is 110 cm³/mol. The molecule has 2 atom stereocenters. The fraction of sp³-hybridized carbons (Fsp3) is 0.409. The fourth-order valence-electron chi connectivity index (χ4n) is 4.80. The minimum absolute atomic E-state index is 0.0152. The molecule has 1 fully saturated rings. The van der Waals surface area contributed by atoms with E-state index >= 15 is 0 Å². The van der Waals surface area contributed by atoms with Gasteiger partial charge in [0.15, 0.2) is 0 Å². The zero-order valence-corrected chi connectivity index (χ0v) is 16.6. The summed E-state index contributed by atoms with van der Waals surface area (Å²) in [6, 6.07) is 11.3. The second-order valence-electron chi connectivity index (χ2n) is 7.79. The van der Waals surface area contributed by atoms with Gasteiger partial charge in [-0.05, 0) is 36.6 Å². The first-order valence-corrected chi connectivity index (χ1v) is 9.85. The van der Waals surface area contributed by atoms with Crippen molar-refractivity contribution >= 4 is 23.3 Å². The molecule has 0 unspecified atom stereocenters. The van der Waals surface area contributed by atoms with Crippen LogP contribution in [-0.4, -0.2) is 48.4 Å². The van der Waals surface area contributed by atoms with Crippen molar-refractivity contribution in [3.8, 4) is 0 Å². The number of fused-ring (bicyclic) bond motifs is 2. The van der Waals surface area contributed by atoms with Crippen LogP contribution < -0.4 is 10.2 Å². The highest BCUT2D eigenvalue weighted by Gasteiger charge is 2.58. The van der Waals surface area contributed by atoms with Crippen LogP contribution in [0.4, 0.5) is 11.5 Å². The normalized spacial score (nSPS) is 23.0. The summed E-state index contributed by atoms with van der Waals surface area (Å²) in [7, 11) is 3.77. The van der Waals surface area contributed by atoms with Crippen molar-refractivity contribution in [2.75, 3.05) is 30.9 Å². The van der Waals surface area contributed by atoms with Gasteiger partial charge in [-0.15, -0.1) is 0 Å². The number of rotatable bonds is 4. The Balaban J connectivity index is 1.77. The molecule has 1 spiro atoms. The molecule has 2 aromatic rings. The molecule has 146 valence electrons. The monoisotopic (exact) mass is 378 g/mol. The van der Waals surface area contributed by atoms with Crippen LogP contribution in [0.1, 0.15) is 42.1 Å². The summed E-state index contributed by atoms with van der Waals surface area (Å²) >= 11 is 0. The van der Waals surface area contributed by atoms with Crippen LogP contribution in [0.3, 0.4) is 0 Å². The molecule has 2 aliphatic rings. The molecule has 0 aliphatic carbocycles. The Labute approximate surface area is 165 Å². The van der Waals surface area contributed by atoms with E-state index in [2.05, 4.69) is 17.2 Å². The van der Waals surface area contributed by atoms with Gasteiger partial charge in [0.25, 0.3) is 5.91 Å². The van der Waals surface area contributed by atoms with Crippen LogP contribution in [0.15, 0.2) is 42.6 Å². The van der Waals surface area contributed by atoms with E-state index in [1.807, 2.05) is 54.2 Å². The Hall–Kier alpha value is -2.89. The van der Waals surface area contributed by atoms with E-state index in [4.69, 9.17) is 0 Å². The Bertz CT molecular complexity index is 926. The van der Waals surface area contributed by atoms with Crippen LogP contribution in [0.25, 0.3) is 0 Å². The number of para-hydroxylation sites is 1. The molecule has 2 amide bonds. The lowest BCUT2D eigenvalue weighted by molar-refractivity contribution is -0.121. The largest absolute Gasteiger partial charge is 0.362 e. The van der Waals surface area contributed by atoms with Gasteiger partial charge in [-0.25, -0.2) is 4.98 Å². The topological polar surface area (TPSA) is 65.5 Å². The molecular weight excluding hydrogens is 352 g/mol. The molecule has 6 nitrogen and oxygen atoms in total. The van der Waals surface area contributed by atoms with E-state index in [0.29, 0.717) is 24.3 Å². The summed E-state index contributed by atoms with van der Waals surface area (Å²) in [4.78, 5) is 34.8. The third-order valence-corrected chi connectivity index (χ3v) is 6.02. The van der Waals surface area contributed by atoms with Crippen LogP contribution >= 0.6 is 0 Å². The second-order valence-corrected chi connectivity index (χ2v) is 7.79. The average Bonchev–Trinajstić information content (AvgIpc) is 3.21. The fourth-order valence-corrected chi connectivity index (χ4v) is 4.80. The van der Waals surface area contributed by atoms with E-state index in [0.717, 1.165) is 24.1 Å². The van der Waals surface area contributed by atoms with Gasteiger partial charge in [0.05, 0.1) is 17.0 Å². The number of likely N-dealkylation sites (tertiary alicyclic amines) is 1. The van der Waals surface area contributed by atoms with Gasteiger partial charge in [-0.2, -0.15) is 0 Å². The highest BCUT2D eigenvalue weighted by Crippen LogP contribution is 2.49. The van der Waals surface area contributed by atoms with Gasteiger partial charge < -0.3 is 15.1 Å². The molecule has 0 radical (unpaired) electrons. The van der Waals surface area contributed by atoms with Gasteiger partial charge in [0.2, 0.25) is 5.91 Å². The molecule has 0 bridgehead atoms. The minimum Gasteiger partial charge on any atom is -0.362 e. The molecule has 1 aromatic carbocycles. The number of hydrogen-bond donors (Lipinski definition) is 1. The van der Waals surface area contributed by atoms with Crippen molar-refractivity contribution in [3.05, 3.63) is 53.7 Å². The Kier molecular flexibility index (Phi) is 4.57. The summed E-state index contributed by atoms with van der Waals surface area (Å²) in [6.45, 7) is 2.66. The Morgan fingerprint density at radius 2 is 2.07 bits per heavy atom. The van der Waals surface area contributed by atoms with Crippen molar-refractivity contribution in [1.29, 1.82) is 0 Å². The zero-order chi connectivity index (χ0) is 19.9. The molecule has 6 heteroatoms. The summed E-state index contributed by atoms with van der Waals surface area (Å²) in [6.07, 6.45) is 4.02. The van der Waals surface area contributed by atoms with Gasteiger partial charge in [0, 0.05) is 32.5 Å². The molecule has 1 aromatic heterocycles. The van der Waals surface area contributed by atoms with Crippen LogP contribution in [-0.2, 0) is 10.2 Å². The zero-order valence-electron chi connectivity index (χ0n) is 16.6. The highest BCUT2D eigenvalue weighted by atomic mass is 16.2. The van der Waals surface area contributed by atoms with E-state index < -0.39 is 5.41 Å². The van der Waals surface area contributed by atoms with Gasteiger partial charge >= 0.3 is 0 Å². The lowest BCUT2D eigenvalue weighted by Crippen LogP contribution is -2.48. The molecule has 4 rings (SSSR count). The highest BCUT2D eigenvalue weighted by molar-refractivity contribution is 6.08. The number of pyridine rings is 1. The first-order valence-electron chi connectivity index (χ1n) is 9.85. The second kappa shape index (κ2) is 6.93. The number of nitrogens with zero attached hydrogens (tertiary/aromatic N) is 3. The molecule has 1 saturated heterocycles. The first kappa shape index (κ1) is 18.5. The number of amides is 2. The number of benzene rings is 1. The Morgan fingerprint density at radius 1 is 1.29 bits per heavy atom. The van der Waals surface area contributed by atoms with E-state index in [-0.39, 0.29) is 17.9 Å². The molecule has 0 saturated carbocycles. The summed E-state index contributed by atoms with van der Waals surface area (Å²) in [5.74, 6) is 0.616. The third-order valence-electron chi connectivity index (χ3n) is 6.02. The number of carbonyl (C=O) groups is 2. The maximum atomic E-state index is 13.5. The van der Waals surface area contributed by atoms with Crippen molar-refractivity contribution in [1.82, 2.24) is 9.88 Å². The lowest BCUT2D eigenvalue weighted by atomic mass is 9.73. The van der Waals surface area contributed by atoms with E-state index in [1.54, 1.807) is 12.3 Å². The summed E-state index contributed by atoms with van der Waals surface area (Å²) < 4.78 is 0. The maximum Gasteiger partial charge on any atom is 0.257 e. The van der Waals surface area contributed by atoms with Crippen molar-refractivity contribution in [2.45, 2.75) is 37.6 Å². The number of nitrogens with one attached hydrogen (secondary N) is 1. The van der Waals surface area contributed by atoms with Crippen molar-refractivity contribution < 1.29 is 9.59 Å². The third kappa shape index (κ3) is 2.58. The smallest absolute Gasteiger partial charge is 0.257 e. The number of aromatic nitrogens is 1. The van der Waals surface area contributed by atoms with Gasteiger partial charge in [-0.3, -0.25) is 9.59 Å². The Morgan fingerprint density at radius 3 is 2.82 bits per heavy atom. The predicted octanol–water partition coefficient (Wildman–Crippen LogP) is 3.05. The maximum absolute atomic E-state index is 13.5. The molecular formula is C22H26N4O2. The number of anilines is 2. The van der Waals surface area contributed by atoms with Gasteiger partial charge in [-0.1, -0.05) is 31.5 Å². The van der Waals surface area contributed by atoms with Crippen LogP contribution in [0.2, 0.25) is 0 Å². The lowest BCUT2D eigenvalue weighted by Gasteiger charge is -2.34. The molecule has 1 N–H and O–H groups in total. The average molecular weight is 378 g/mol. The molecule has 3 heterocycles. The summed E-state index contributed by atoms with van der Waals surface area (Å²) in [5, 5.41) is 3.05. The van der Waals surface area contributed by atoms with E-state index in [1.165, 1.54) is 0 Å². The standard InChI is InChI=1S/C22H26N4O2/c1-4-8-18-22(16-10-5-6-11-17(16)24-21(22)28)12-14-26(18)20(27)15-9-7-13-23-19(15)25(2)3/h5-7,9-11,13,18H,4,8,12,14H2,1-3H3,(H,24,28)/t18-,22-/m0/s1. The number of carbonyl (C=O) groups excluding carboxylic acids is 2. The number of hydrogen-bond acceptors (Lipinski definition) is 4. The van der Waals surface area contributed by atoms with Crippen LogP contribution in [0, 0.1) is 0 Å². The van der Waals surface area contributed by atoms with Crippen molar-refractivity contribution in [2.24, 2.45) is 0 Å². The molecule has 2 aliphatic heterocycles. The van der Waals surface area contributed by atoms with Crippen molar-refractivity contribution in [3.63, 3.8) is 0 Å². The van der Waals surface area contributed by atoms with Crippen LogP contribution in [0.5, 0.6) is 0 Å². The minimum atomic E-state index is -0.664. The SMILES string of the molecule is CCC[C@@H]1N(C(=O)c2cccnc2N(C)C)CC[C@@]12C(=O)Nc1ccccc12. The first-order chi connectivity index (χ1) is 13.5. The summed E-state index contributed by atoms with van der Waals surface area (Å²) in [5.41, 5.74) is 1.81.